The Morgan fingerprint density at radius 3 is 2.52 bits per heavy atom. The third-order valence-electron chi connectivity index (χ3n) is 4.08. The van der Waals surface area contributed by atoms with Crippen molar-refractivity contribution in [1.82, 2.24) is 4.90 Å². The zero-order valence-corrected chi connectivity index (χ0v) is 16.5. The Morgan fingerprint density at radius 2 is 1.90 bits per heavy atom. The van der Waals surface area contributed by atoms with Gasteiger partial charge in [-0.15, -0.1) is 6.58 Å². The van der Waals surface area contributed by atoms with Crippen LogP contribution < -0.4 is 9.47 Å². The number of methoxy groups -OCH3 is 1. The number of nitrogens with zero attached hydrogens (tertiary/aromatic N) is 2. The van der Waals surface area contributed by atoms with E-state index in [0.717, 1.165) is 11.1 Å². The molecule has 29 heavy (non-hydrogen) atoms. The van der Waals surface area contributed by atoms with Crippen LogP contribution >= 0.6 is 0 Å². The molecule has 5 heteroatoms. The first-order valence-corrected chi connectivity index (χ1v) is 9.10. The van der Waals surface area contributed by atoms with E-state index in [-0.39, 0.29) is 5.91 Å². The average molecular weight is 388 g/mol. The van der Waals surface area contributed by atoms with Crippen LogP contribution in [-0.4, -0.2) is 31.1 Å². The van der Waals surface area contributed by atoms with E-state index >= 15 is 0 Å². The van der Waals surface area contributed by atoms with Gasteiger partial charge in [-0.2, -0.15) is 5.26 Å². The van der Waals surface area contributed by atoms with E-state index in [2.05, 4.69) is 19.2 Å². The van der Waals surface area contributed by atoms with Crippen LogP contribution in [0.3, 0.4) is 0 Å². The SMILES string of the molecule is C=CCOc1ccc(/C=C/C(=O)N(CC=C)Cc2ccc(C#N)cc2)cc1OC. The second-order valence-electron chi connectivity index (χ2n) is 6.16. The van der Waals surface area contributed by atoms with Crippen LogP contribution in [0.5, 0.6) is 11.5 Å². The zero-order chi connectivity index (χ0) is 21.1. The highest BCUT2D eigenvalue weighted by Gasteiger charge is 2.10. The summed E-state index contributed by atoms with van der Waals surface area (Å²) in [6.07, 6.45) is 6.60. The molecular weight excluding hydrogens is 364 g/mol. The first kappa shape index (κ1) is 21.5. The molecular formula is C24H24N2O3. The molecule has 1 amide bonds. The largest absolute Gasteiger partial charge is 0.493 e. The maximum atomic E-state index is 12.7. The van der Waals surface area contributed by atoms with Gasteiger partial charge in [-0.3, -0.25) is 4.79 Å². The zero-order valence-electron chi connectivity index (χ0n) is 16.5. The lowest BCUT2D eigenvalue weighted by Crippen LogP contribution is -2.29. The molecule has 0 saturated heterocycles. The Hall–Kier alpha value is -3.78. The Kier molecular flexibility index (Phi) is 8.28. The number of carbonyl (C=O) groups is 1. The van der Waals surface area contributed by atoms with Gasteiger partial charge in [0, 0.05) is 19.2 Å². The third-order valence-corrected chi connectivity index (χ3v) is 4.08. The second kappa shape index (κ2) is 11.2. The summed E-state index contributed by atoms with van der Waals surface area (Å²) in [5.41, 5.74) is 2.35. The fourth-order valence-electron chi connectivity index (χ4n) is 2.62. The molecule has 148 valence electrons. The number of hydrogen-bond acceptors (Lipinski definition) is 4. The highest BCUT2D eigenvalue weighted by molar-refractivity contribution is 5.92. The molecule has 0 aliphatic heterocycles. The Labute approximate surface area is 171 Å². The van der Waals surface area contributed by atoms with Gasteiger partial charge in [-0.1, -0.05) is 36.9 Å². The van der Waals surface area contributed by atoms with E-state index in [0.29, 0.717) is 36.8 Å². The van der Waals surface area contributed by atoms with E-state index in [1.165, 1.54) is 6.08 Å². The summed E-state index contributed by atoms with van der Waals surface area (Å²) in [5, 5.41) is 8.90. The minimum absolute atomic E-state index is 0.139. The predicted molar refractivity (Wildman–Crippen MR) is 114 cm³/mol. The minimum Gasteiger partial charge on any atom is -0.493 e. The molecule has 0 aromatic heterocycles. The first-order chi connectivity index (χ1) is 14.1. The summed E-state index contributed by atoms with van der Waals surface area (Å²) in [5.74, 6) is 1.06. The molecule has 0 unspecified atom stereocenters. The lowest BCUT2D eigenvalue weighted by atomic mass is 10.1. The number of ether oxygens (including phenoxy) is 2. The summed E-state index contributed by atoms with van der Waals surface area (Å²) in [4.78, 5) is 14.3. The van der Waals surface area contributed by atoms with Crippen LogP contribution in [0.2, 0.25) is 0 Å². The standard InChI is InChI=1S/C24H24N2O3/c1-4-14-26(18-21-8-6-20(17-25)7-9-21)24(27)13-11-19-10-12-22(29-15-5-2)23(16-19)28-3/h4-13,16H,1-2,14-15,18H2,3H3/b13-11+. The Morgan fingerprint density at radius 1 is 1.14 bits per heavy atom. The van der Waals surface area contributed by atoms with Crippen LogP contribution in [0, 0.1) is 11.3 Å². The third kappa shape index (κ3) is 6.40. The number of nitriles is 1. The Bertz CT molecular complexity index is 924. The normalized spacial score (nSPS) is 10.2. The van der Waals surface area contributed by atoms with Gasteiger partial charge < -0.3 is 14.4 Å². The van der Waals surface area contributed by atoms with Gasteiger partial charge in [0.25, 0.3) is 0 Å². The lowest BCUT2D eigenvalue weighted by molar-refractivity contribution is -0.126. The van der Waals surface area contributed by atoms with Gasteiger partial charge in [0.15, 0.2) is 11.5 Å². The molecule has 0 N–H and O–H groups in total. The molecule has 2 rings (SSSR count). The van der Waals surface area contributed by atoms with Crippen molar-refractivity contribution in [3.63, 3.8) is 0 Å². The number of hydrogen-bond donors (Lipinski definition) is 0. The molecule has 0 radical (unpaired) electrons. The van der Waals surface area contributed by atoms with Gasteiger partial charge >= 0.3 is 0 Å². The lowest BCUT2D eigenvalue weighted by Gasteiger charge is -2.19. The molecule has 0 atom stereocenters. The molecule has 0 heterocycles. The first-order valence-electron chi connectivity index (χ1n) is 9.10. The van der Waals surface area contributed by atoms with E-state index < -0.39 is 0 Å². The topological polar surface area (TPSA) is 62.6 Å². The minimum atomic E-state index is -0.139. The van der Waals surface area contributed by atoms with E-state index in [9.17, 15) is 4.79 Å². The van der Waals surface area contributed by atoms with Crippen LogP contribution in [0.1, 0.15) is 16.7 Å². The molecule has 5 nitrogen and oxygen atoms in total. The molecule has 0 bridgehead atoms. The number of carbonyl (C=O) groups excluding carboxylic acids is 1. The summed E-state index contributed by atoms with van der Waals surface area (Å²) in [6, 6.07) is 14.7. The monoisotopic (exact) mass is 388 g/mol. The molecule has 2 aromatic carbocycles. The highest BCUT2D eigenvalue weighted by Crippen LogP contribution is 2.28. The fourth-order valence-corrected chi connectivity index (χ4v) is 2.62. The van der Waals surface area contributed by atoms with Crippen molar-refractivity contribution in [2.45, 2.75) is 6.54 Å². The van der Waals surface area contributed by atoms with Crippen molar-refractivity contribution in [3.8, 4) is 17.6 Å². The molecule has 0 fully saturated rings. The maximum Gasteiger partial charge on any atom is 0.247 e. The summed E-state index contributed by atoms with van der Waals surface area (Å²) in [7, 11) is 1.57. The second-order valence-corrected chi connectivity index (χ2v) is 6.16. The summed E-state index contributed by atoms with van der Waals surface area (Å²) >= 11 is 0. The van der Waals surface area contributed by atoms with Crippen molar-refractivity contribution in [3.05, 3.63) is 90.5 Å². The molecule has 0 aliphatic carbocycles. The van der Waals surface area contributed by atoms with Gasteiger partial charge in [0.05, 0.1) is 18.7 Å². The number of benzene rings is 2. The van der Waals surface area contributed by atoms with Gasteiger partial charge in [0.1, 0.15) is 6.61 Å². The van der Waals surface area contributed by atoms with E-state index in [4.69, 9.17) is 14.7 Å². The molecule has 0 aliphatic rings. The van der Waals surface area contributed by atoms with Gasteiger partial charge in [0.2, 0.25) is 5.91 Å². The van der Waals surface area contributed by atoms with Crippen molar-refractivity contribution >= 4 is 12.0 Å². The van der Waals surface area contributed by atoms with E-state index in [1.54, 1.807) is 54.5 Å². The Balaban J connectivity index is 2.11. The van der Waals surface area contributed by atoms with Gasteiger partial charge in [-0.25, -0.2) is 0 Å². The molecule has 2 aromatic rings. The smallest absolute Gasteiger partial charge is 0.247 e. The molecule has 0 spiro atoms. The van der Waals surface area contributed by atoms with Crippen LogP contribution in [0.4, 0.5) is 0 Å². The van der Waals surface area contributed by atoms with E-state index in [1.807, 2.05) is 18.2 Å². The van der Waals surface area contributed by atoms with Crippen molar-refractivity contribution in [2.75, 3.05) is 20.3 Å². The number of rotatable bonds is 10. The van der Waals surface area contributed by atoms with Crippen molar-refractivity contribution in [1.29, 1.82) is 5.26 Å². The maximum absolute atomic E-state index is 12.7. The van der Waals surface area contributed by atoms with Crippen molar-refractivity contribution < 1.29 is 14.3 Å². The van der Waals surface area contributed by atoms with Crippen LogP contribution in [0.25, 0.3) is 6.08 Å². The van der Waals surface area contributed by atoms with Crippen LogP contribution in [-0.2, 0) is 11.3 Å². The van der Waals surface area contributed by atoms with Gasteiger partial charge in [-0.05, 0) is 41.5 Å². The molecule has 0 saturated carbocycles. The van der Waals surface area contributed by atoms with Crippen molar-refractivity contribution in [2.24, 2.45) is 0 Å². The number of amides is 1. The highest BCUT2D eigenvalue weighted by atomic mass is 16.5. The summed E-state index contributed by atoms with van der Waals surface area (Å²) in [6.45, 7) is 8.59. The quantitative estimate of drug-likeness (QED) is 0.448. The predicted octanol–water partition coefficient (Wildman–Crippen LogP) is 4.36. The fraction of sp³-hybridized carbons (Fsp3) is 0.167. The van der Waals surface area contributed by atoms with Crippen LogP contribution in [0.15, 0.2) is 73.9 Å². The summed E-state index contributed by atoms with van der Waals surface area (Å²) < 4.78 is 10.9. The average Bonchev–Trinajstić information content (AvgIpc) is 2.76.